The topological polar surface area (TPSA) is 132 Å². The summed E-state index contributed by atoms with van der Waals surface area (Å²) in [6, 6.07) is 0.0147. The zero-order valence-electron chi connectivity index (χ0n) is 21.0. The monoisotopic (exact) mass is 519 g/mol. The van der Waals surface area contributed by atoms with Crippen LogP contribution in [0.3, 0.4) is 0 Å². The van der Waals surface area contributed by atoms with Crippen LogP contribution in [0.25, 0.3) is 5.78 Å². The average molecular weight is 520 g/mol. The Hall–Kier alpha value is -3.69. The van der Waals surface area contributed by atoms with Gasteiger partial charge >= 0.3 is 12.1 Å². The van der Waals surface area contributed by atoms with E-state index < -0.39 is 47.4 Å². The fourth-order valence-corrected chi connectivity index (χ4v) is 5.30. The van der Waals surface area contributed by atoms with Gasteiger partial charge in [-0.1, -0.05) is 34.6 Å². The number of halogens is 3. The Kier molecular flexibility index (Phi) is 6.21. The van der Waals surface area contributed by atoms with Crippen molar-refractivity contribution in [1.29, 1.82) is 5.26 Å². The molecule has 198 valence electrons. The van der Waals surface area contributed by atoms with Crippen LogP contribution in [0.5, 0.6) is 0 Å². The van der Waals surface area contributed by atoms with Gasteiger partial charge in [-0.05, 0) is 28.7 Å². The van der Waals surface area contributed by atoms with Gasteiger partial charge in [0, 0.05) is 18.9 Å². The Balaban J connectivity index is 1.61. The number of piperidine rings is 1. The first-order valence-corrected chi connectivity index (χ1v) is 11.7. The van der Waals surface area contributed by atoms with Crippen molar-refractivity contribution in [3.05, 3.63) is 30.4 Å². The number of likely N-dealkylation sites (tertiary alicyclic amines) is 1. The average Bonchev–Trinajstić information content (AvgIpc) is 3.19. The summed E-state index contributed by atoms with van der Waals surface area (Å²) in [5, 5.41) is 14.3. The number of carbonyl (C=O) groups is 3. The number of amides is 3. The maximum atomic E-state index is 13.6. The molecule has 0 aromatic carbocycles. The van der Waals surface area contributed by atoms with Gasteiger partial charge < -0.3 is 15.5 Å². The third-order valence-electron chi connectivity index (χ3n) is 7.43. The Bertz CT molecular complexity index is 1290. The Morgan fingerprint density at radius 2 is 1.86 bits per heavy atom. The van der Waals surface area contributed by atoms with Crippen LogP contribution in [0.4, 0.5) is 13.2 Å². The number of nitrogens with one attached hydrogen (secondary N) is 2. The summed E-state index contributed by atoms with van der Waals surface area (Å²) in [5.74, 6) is -3.57. The van der Waals surface area contributed by atoms with Gasteiger partial charge in [0.1, 0.15) is 12.1 Å². The summed E-state index contributed by atoms with van der Waals surface area (Å²) in [4.78, 5) is 48.3. The van der Waals surface area contributed by atoms with E-state index >= 15 is 0 Å². The number of hydrogen-bond acceptors (Lipinski definition) is 6. The van der Waals surface area contributed by atoms with Crippen molar-refractivity contribution in [1.82, 2.24) is 29.9 Å². The highest BCUT2D eigenvalue weighted by molar-refractivity contribution is 5.95. The number of carbonyl (C=O) groups excluding carboxylic acids is 3. The van der Waals surface area contributed by atoms with Gasteiger partial charge in [0.05, 0.1) is 18.0 Å². The molecule has 0 bridgehead atoms. The Labute approximate surface area is 211 Å². The number of alkyl halides is 3. The predicted octanol–water partition coefficient (Wildman–Crippen LogP) is 1.99. The minimum atomic E-state index is -5.17. The van der Waals surface area contributed by atoms with Crippen LogP contribution < -0.4 is 10.6 Å². The molecule has 2 N–H and O–H groups in total. The lowest BCUT2D eigenvalue weighted by Gasteiger charge is -2.37. The third-order valence-corrected chi connectivity index (χ3v) is 7.43. The Morgan fingerprint density at radius 3 is 2.46 bits per heavy atom. The molecule has 5 atom stereocenters. The van der Waals surface area contributed by atoms with Crippen molar-refractivity contribution in [2.75, 3.05) is 6.54 Å². The van der Waals surface area contributed by atoms with Crippen molar-refractivity contribution in [2.24, 2.45) is 22.7 Å². The smallest absolute Gasteiger partial charge is 0.336 e. The van der Waals surface area contributed by atoms with E-state index in [1.807, 2.05) is 25.2 Å². The number of nitriles is 1. The second-order valence-electron chi connectivity index (χ2n) is 11.2. The molecule has 4 rings (SSSR count). The van der Waals surface area contributed by atoms with Crippen LogP contribution in [0.2, 0.25) is 0 Å². The Morgan fingerprint density at radius 1 is 1.19 bits per heavy atom. The van der Waals surface area contributed by atoms with E-state index in [1.165, 1.54) is 38.1 Å². The first-order valence-electron chi connectivity index (χ1n) is 11.7. The molecule has 3 heterocycles. The normalized spacial score (nSPS) is 24.1. The van der Waals surface area contributed by atoms with Gasteiger partial charge in [0.2, 0.25) is 17.6 Å². The van der Waals surface area contributed by atoms with Crippen molar-refractivity contribution in [3.8, 4) is 6.07 Å². The fraction of sp³-hybridized carbons (Fsp3) is 0.583. The summed E-state index contributed by atoms with van der Waals surface area (Å²) < 4.78 is 40.5. The van der Waals surface area contributed by atoms with E-state index in [0.29, 0.717) is 11.5 Å². The van der Waals surface area contributed by atoms with Crippen LogP contribution in [-0.4, -0.2) is 61.8 Å². The van der Waals surface area contributed by atoms with Gasteiger partial charge in [-0.15, -0.1) is 0 Å². The lowest BCUT2D eigenvalue weighted by molar-refractivity contribution is -0.176. The van der Waals surface area contributed by atoms with E-state index in [-0.39, 0.29) is 23.8 Å². The second kappa shape index (κ2) is 8.71. The predicted molar refractivity (Wildman–Crippen MR) is 123 cm³/mol. The van der Waals surface area contributed by atoms with Gasteiger partial charge in [-0.2, -0.15) is 18.4 Å². The molecule has 2 aromatic rings. The number of imidazole rings is 1. The van der Waals surface area contributed by atoms with Crippen LogP contribution in [0.15, 0.2) is 24.7 Å². The minimum Gasteiger partial charge on any atom is -0.336 e. The number of aromatic nitrogens is 3. The van der Waals surface area contributed by atoms with Crippen LogP contribution >= 0.6 is 0 Å². The van der Waals surface area contributed by atoms with Crippen LogP contribution in [0.1, 0.15) is 46.4 Å². The van der Waals surface area contributed by atoms with Gasteiger partial charge in [0.15, 0.2) is 6.04 Å². The largest absolute Gasteiger partial charge is 0.471 e. The number of hydrogen-bond donors (Lipinski definition) is 2. The SMILES string of the molecule is CC(C)(C)C(NC(=O)C(F)(F)F)C(=O)N1C[C@H]2[C@@H]([C@H]1C(=O)NC(C#N)c1cnc3ncccn13)C2(C)C. The van der Waals surface area contributed by atoms with E-state index in [4.69, 9.17) is 0 Å². The molecule has 2 aromatic heterocycles. The summed E-state index contributed by atoms with van der Waals surface area (Å²) in [7, 11) is 0. The van der Waals surface area contributed by atoms with Crippen LogP contribution in [0, 0.1) is 34.0 Å². The molecular weight excluding hydrogens is 491 g/mol. The van der Waals surface area contributed by atoms with Gasteiger partial charge in [-0.3, -0.25) is 18.8 Å². The fourth-order valence-electron chi connectivity index (χ4n) is 5.30. The number of rotatable bonds is 5. The van der Waals surface area contributed by atoms with Crippen molar-refractivity contribution in [2.45, 2.75) is 58.9 Å². The van der Waals surface area contributed by atoms with Crippen LogP contribution in [-0.2, 0) is 14.4 Å². The molecule has 2 unspecified atom stereocenters. The third kappa shape index (κ3) is 4.60. The first kappa shape index (κ1) is 26.4. The molecule has 0 spiro atoms. The number of fused-ring (bicyclic) bond motifs is 2. The second-order valence-corrected chi connectivity index (χ2v) is 11.2. The molecule has 0 radical (unpaired) electrons. The van der Waals surface area contributed by atoms with E-state index in [0.717, 1.165) is 0 Å². The van der Waals surface area contributed by atoms with E-state index in [1.54, 1.807) is 16.7 Å². The summed E-state index contributed by atoms with van der Waals surface area (Å²) in [6.45, 7) is 8.66. The highest BCUT2D eigenvalue weighted by Gasteiger charge is 2.70. The summed E-state index contributed by atoms with van der Waals surface area (Å²) >= 11 is 0. The highest BCUT2D eigenvalue weighted by atomic mass is 19.4. The maximum Gasteiger partial charge on any atom is 0.471 e. The molecule has 1 aliphatic carbocycles. The van der Waals surface area contributed by atoms with Crippen molar-refractivity contribution >= 4 is 23.5 Å². The number of nitrogens with zero attached hydrogens (tertiary/aromatic N) is 5. The molecule has 2 aliphatic rings. The van der Waals surface area contributed by atoms with Gasteiger partial charge in [0.25, 0.3) is 0 Å². The molecule has 10 nitrogen and oxygen atoms in total. The molecule has 37 heavy (non-hydrogen) atoms. The quantitative estimate of drug-likeness (QED) is 0.621. The summed E-state index contributed by atoms with van der Waals surface area (Å²) in [6.07, 6.45) is -0.574. The molecular formula is C24H28F3N7O3. The van der Waals surface area contributed by atoms with Crippen molar-refractivity contribution in [3.63, 3.8) is 0 Å². The van der Waals surface area contributed by atoms with E-state index in [2.05, 4.69) is 15.3 Å². The molecule has 1 saturated heterocycles. The lowest BCUT2D eigenvalue weighted by atomic mass is 9.85. The van der Waals surface area contributed by atoms with Crippen molar-refractivity contribution < 1.29 is 27.6 Å². The summed E-state index contributed by atoms with van der Waals surface area (Å²) in [5.41, 5.74) is -0.980. The maximum absolute atomic E-state index is 13.6. The highest BCUT2D eigenvalue weighted by Crippen LogP contribution is 2.65. The lowest BCUT2D eigenvalue weighted by Crippen LogP contribution is -2.60. The molecule has 13 heteroatoms. The van der Waals surface area contributed by atoms with Gasteiger partial charge in [-0.25, -0.2) is 9.97 Å². The van der Waals surface area contributed by atoms with E-state index in [9.17, 15) is 32.8 Å². The first-order chi connectivity index (χ1) is 17.1. The zero-order valence-corrected chi connectivity index (χ0v) is 21.0. The molecule has 1 saturated carbocycles. The molecule has 1 aliphatic heterocycles. The zero-order chi connectivity index (χ0) is 27.5. The molecule has 2 fully saturated rings. The standard InChI is InChI=1S/C24H28F3N7O3/c1-22(2,3)17(32-20(37)24(25,26)27)19(36)34-11-12-15(23(12,4)5)16(34)18(35)31-13(9-28)14-10-30-21-29-7-6-8-33(14)21/h6-8,10,12-13,15-17H,11H2,1-5H3,(H,31,35)(H,32,37)/t12-,13?,15-,16-,17?/m0/s1. The molecule has 3 amide bonds. The minimum absolute atomic E-state index is 0.0494.